The maximum Gasteiger partial charge on any atom is 0.433 e. The number of carbonyl (C=O) groups excluding carboxylic acids is 1. The van der Waals surface area contributed by atoms with E-state index in [1.165, 1.54) is 6.20 Å². The van der Waals surface area contributed by atoms with E-state index in [-0.39, 0.29) is 11.4 Å². The fraction of sp³-hybridized carbons (Fsp3) is 0.400. The number of imidazole rings is 1. The molecule has 7 nitrogen and oxygen atoms in total. The third-order valence-corrected chi connectivity index (χ3v) is 5.86. The summed E-state index contributed by atoms with van der Waals surface area (Å²) in [5.74, 6) is 1.26. The lowest BCUT2D eigenvalue weighted by Gasteiger charge is -2.34. The Hall–Kier alpha value is -3.17. The fourth-order valence-corrected chi connectivity index (χ4v) is 4.27. The van der Waals surface area contributed by atoms with Crippen molar-refractivity contribution in [2.75, 3.05) is 11.4 Å². The monoisotopic (exact) mass is 417 g/mol. The number of hydrogen-bond donors (Lipinski definition) is 1. The molecule has 3 aromatic rings. The number of anilines is 1. The van der Waals surface area contributed by atoms with Gasteiger partial charge in [-0.15, -0.1) is 0 Å². The molecular formula is C20H18F3N5O2. The van der Waals surface area contributed by atoms with Crippen molar-refractivity contribution in [1.82, 2.24) is 19.9 Å². The van der Waals surface area contributed by atoms with Crippen LogP contribution in [0.5, 0.6) is 0 Å². The zero-order valence-electron chi connectivity index (χ0n) is 15.8. The highest BCUT2D eigenvalue weighted by molar-refractivity contribution is 5.89. The average molecular weight is 417 g/mol. The first-order chi connectivity index (χ1) is 14.3. The van der Waals surface area contributed by atoms with Gasteiger partial charge < -0.3 is 9.72 Å². The molecule has 4 heterocycles. The number of H-pyrrole nitrogens is 1. The Morgan fingerprint density at radius 3 is 2.70 bits per heavy atom. The molecule has 1 aliphatic carbocycles. The standard InChI is InChI=1S/C20H18F3N5O2/c21-20(22,23)15-9-13-14(10-25-15)27-17(26-13)12-4-6-19(7-5-12)11-28(18(29)30-19)16-3-1-2-8-24-16/h1-3,8-10,12H,4-7,11H2,(H,26,27). The van der Waals surface area contributed by atoms with Crippen LogP contribution < -0.4 is 4.90 Å². The molecule has 2 fully saturated rings. The molecule has 2 aliphatic rings. The first-order valence-electron chi connectivity index (χ1n) is 9.67. The van der Waals surface area contributed by atoms with E-state index < -0.39 is 23.6 Å². The summed E-state index contributed by atoms with van der Waals surface area (Å²) in [5, 5.41) is 0. The highest BCUT2D eigenvalue weighted by Gasteiger charge is 2.48. The second-order valence-electron chi connectivity index (χ2n) is 7.81. The molecule has 3 aromatic heterocycles. The smallest absolute Gasteiger partial charge is 0.433 e. The van der Waals surface area contributed by atoms with Crippen LogP contribution in [0.4, 0.5) is 23.8 Å². The fourth-order valence-electron chi connectivity index (χ4n) is 4.27. The van der Waals surface area contributed by atoms with E-state index in [0.717, 1.165) is 6.07 Å². The molecule has 0 radical (unpaired) electrons. The molecule has 1 amide bonds. The van der Waals surface area contributed by atoms with E-state index in [2.05, 4.69) is 19.9 Å². The molecule has 1 aliphatic heterocycles. The number of ether oxygens (including phenoxy) is 1. The van der Waals surface area contributed by atoms with Gasteiger partial charge in [0.25, 0.3) is 0 Å². The number of nitrogens with one attached hydrogen (secondary N) is 1. The van der Waals surface area contributed by atoms with Gasteiger partial charge in [-0.25, -0.2) is 19.7 Å². The predicted octanol–water partition coefficient (Wildman–Crippen LogP) is 4.42. The van der Waals surface area contributed by atoms with Crippen molar-refractivity contribution in [3.63, 3.8) is 0 Å². The summed E-state index contributed by atoms with van der Waals surface area (Å²) >= 11 is 0. The van der Waals surface area contributed by atoms with Crippen molar-refractivity contribution in [1.29, 1.82) is 0 Å². The van der Waals surface area contributed by atoms with E-state index in [1.807, 2.05) is 6.07 Å². The summed E-state index contributed by atoms with van der Waals surface area (Å²) in [5.41, 5.74) is -0.793. The van der Waals surface area contributed by atoms with Crippen LogP contribution in [0.15, 0.2) is 36.7 Å². The first-order valence-corrected chi connectivity index (χ1v) is 9.67. The highest BCUT2D eigenvalue weighted by Crippen LogP contribution is 2.43. The van der Waals surface area contributed by atoms with Gasteiger partial charge in [0.2, 0.25) is 0 Å². The van der Waals surface area contributed by atoms with Crippen LogP contribution in [-0.4, -0.2) is 38.2 Å². The maximum atomic E-state index is 12.9. The second kappa shape index (κ2) is 6.68. The number of rotatable bonds is 2. The Bertz CT molecular complexity index is 1090. The summed E-state index contributed by atoms with van der Waals surface area (Å²) in [7, 11) is 0. The Kier molecular flexibility index (Phi) is 4.19. The summed E-state index contributed by atoms with van der Waals surface area (Å²) in [6.45, 7) is 0.439. The van der Waals surface area contributed by atoms with Crippen LogP contribution in [0.25, 0.3) is 11.0 Å². The van der Waals surface area contributed by atoms with E-state index in [4.69, 9.17) is 4.74 Å². The molecule has 10 heteroatoms. The van der Waals surface area contributed by atoms with Crippen molar-refractivity contribution >= 4 is 22.9 Å². The number of aromatic nitrogens is 4. The van der Waals surface area contributed by atoms with Crippen molar-refractivity contribution in [2.24, 2.45) is 0 Å². The van der Waals surface area contributed by atoms with Gasteiger partial charge in [-0.3, -0.25) is 4.90 Å². The zero-order chi connectivity index (χ0) is 20.9. The van der Waals surface area contributed by atoms with Crippen LogP contribution in [0.3, 0.4) is 0 Å². The van der Waals surface area contributed by atoms with E-state index in [0.29, 0.717) is 49.4 Å². The molecule has 30 heavy (non-hydrogen) atoms. The number of hydrogen-bond acceptors (Lipinski definition) is 5. The highest BCUT2D eigenvalue weighted by atomic mass is 19.4. The molecule has 0 bridgehead atoms. The molecular weight excluding hydrogens is 399 g/mol. The average Bonchev–Trinajstić information content (AvgIpc) is 3.29. The topological polar surface area (TPSA) is 84.0 Å². The molecule has 1 spiro atoms. The molecule has 0 aromatic carbocycles. The Morgan fingerprint density at radius 2 is 2.00 bits per heavy atom. The van der Waals surface area contributed by atoms with Crippen molar-refractivity contribution < 1.29 is 22.7 Å². The van der Waals surface area contributed by atoms with Crippen molar-refractivity contribution in [3.05, 3.63) is 48.2 Å². The third-order valence-electron chi connectivity index (χ3n) is 5.86. The van der Waals surface area contributed by atoms with Crippen LogP contribution in [-0.2, 0) is 10.9 Å². The minimum absolute atomic E-state index is 0.0555. The van der Waals surface area contributed by atoms with Crippen LogP contribution in [0, 0.1) is 0 Å². The van der Waals surface area contributed by atoms with Gasteiger partial charge in [0.05, 0.1) is 23.8 Å². The van der Waals surface area contributed by atoms with Gasteiger partial charge in [-0.1, -0.05) is 6.07 Å². The van der Waals surface area contributed by atoms with E-state index in [1.54, 1.807) is 23.2 Å². The quantitative estimate of drug-likeness (QED) is 0.667. The van der Waals surface area contributed by atoms with Gasteiger partial charge in [-0.05, 0) is 43.9 Å². The summed E-state index contributed by atoms with van der Waals surface area (Å²) in [4.78, 5) is 29.1. The Morgan fingerprint density at radius 1 is 1.20 bits per heavy atom. The summed E-state index contributed by atoms with van der Waals surface area (Å²) < 4.78 is 44.4. The number of amides is 1. The van der Waals surface area contributed by atoms with E-state index >= 15 is 0 Å². The van der Waals surface area contributed by atoms with Gasteiger partial charge in [0.15, 0.2) is 0 Å². The number of carbonyl (C=O) groups is 1. The van der Waals surface area contributed by atoms with E-state index in [9.17, 15) is 18.0 Å². The molecule has 1 N–H and O–H groups in total. The lowest BCUT2D eigenvalue weighted by Crippen LogP contribution is -2.38. The van der Waals surface area contributed by atoms with Gasteiger partial charge in [0.1, 0.15) is 22.9 Å². The lowest BCUT2D eigenvalue weighted by molar-refractivity contribution is -0.141. The van der Waals surface area contributed by atoms with Crippen molar-refractivity contribution in [2.45, 2.75) is 43.4 Å². The number of pyridine rings is 2. The molecule has 5 rings (SSSR count). The maximum absolute atomic E-state index is 12.9. The minimum atomic E-state index is -4.50. The molecule has 1 saturated heterocycles. The summed E-state index contributed by atoms with van der Waals surface area (Å²) in [6, 6.07) is 6.33. The van der Waals surface area contributed by atoms with Gasteiger partial charge >= 0.3 is 12.3 Å². The largest absolute Gasteiger partial charge is 0.441 e. The Labute approximate surface area is 169 Å². The molecule has 0 atom stereocenters. The number of aromatic amines is 1. The molecule has 156 valence electrons. The van der Waals surface area contributed by atoms with Gasteiger partial charge in [-0.2, -0.15) is 13.2 Å². The second-order valence-corrected chi connectivity index (χ2v) is 7.81. The predicted molar refractivity (Wildman–Crippen MR) is 101 cm³/mol. The van der Waals surface area contributed by atoms with Crippen molar-refractivity contribution in [3.8, 4) is 0 Å². The van der Waals surface area contributed by atoms with Crippen LogP contribution >= 0.6 is 0 Å². The zero-order valence-corrected chi connectivity index (χ0v) is 15.8. The minimum Gasteiger partial charge on any atom is -0.441 e. The third kappa shape index (κ3) is 3.25. The normalized spacial score (nSPS) is 24.6. The summed E-state index contributed by atoms with van der Waals surface area (Å²) in [6.07, 6.45) is 0.614. The first kappa shape index (κ1) is 18.8. The van der Waals surface area contributed by atoms with Crippen LogP contribution in [0.1, 0.15) is 43.1 Å². The molecule has 0 unspecified atom stereocenters. The Balaban J connectivity index is 1.31. The van der Waals surface area contributed by atoms with Crippen LogP contribution in [0.2, 0.25) is 0 Å². The molecule has 1 saturated carbocycles. The number of alkyl halides is 3. The number of halogens is 3. The lowest BCUT2D eigenvalue weighted by atomic mass is 9.78. The number of fused-ring (bicyclic) bond motifs is 1. The SMILES string of the molecule is O=C1OC2(CCC(c3nc4cc(C(F)(F)F)ncc4[nH]3)CC2)CN1c1ccccn1. The van der Waals surface area contributed by atoms with Gasteiger partial charge in [0, 0.05) is 12.1 Å². The number of nitrogens with zero attached hydrogens (tertiary/aromatic N) is 4.